The molecule has 0 bridgehead atoms. The molecule has 2 aromatic rings. The van der Waals surface area contributed by atoms with Gasteiger partial charge in [0.2, 0.25) is 0 Å². The van der Waals surface area contributed by atoms with Crippen molar-refractivity contribution in [2.45, 2.75) is 31.8 Å². The van der Waals surface area contributed by atoms with E-state index in [4.69, 9.17) is 0 Å². The van der Waals surface area contributed by atoms with E-state index in [0.29, 0.717) is 24.8 Å². The van der Waals surface area contributed by atoms with Crippen LogP contribution >= 0.6 is 0 Å². The molecule has 1 unspecified atom stereocenters. The topological polar surface area (TPSA) is 38.1 Å². The predicted molar refractivity (Wildman–Crippen MR) is 72.1 cm³/mol. The van der Waals surface area contributed by atoms with E-state index in [1.165, 1.54) is 12.1 Å². The van der Waals surface area contributed by atoms with Crippen LogP contribution in [0.25, 0.3) is 0 Å². The Labute approximate surface area is 112 Å². The Bertz CT molecular complexity index is 553. The molecular weight excluding hydrogens is 243 g/mol. The molecule has 0 aliphatic heterocycles. The second kappa shape index (κ2) is 5.53. The molecule has 0 amide bonds. The van der Waals surface area contributed by atoms with Crippen LogP contribution in [0.15, 0.2) is 36.7 Å². The summed E-state index contributed by atoms with van der Waals surface area (Å²) in [5.41, 5.74) is 0.725. The molecule has 1 heterocycles. The zero-order valence-electron chi connectivity index (χ0n) is 11.3. The first-order chi connectivity index (χ1) is 9.03. The van der Waals surface area contributed by atoms with E-state index in [1.807, 2.05) is 20.2 Å². The minimum Gasteiger partial charge on any atom is -0.385 e. The van der Waals surface area contributed by atoms with Gasteiger partial charge in [0, 0.05) is 13.2 Å². The number of benzene rings is 1. The first kappa shape index (κ1) is 13.7. The van der Waals surface area contributed by atoms with Crippen molar-refractivity contribution in [2.24, 2.45) is 7.05 Å². The lowest BCUT2D eigenvalue weighted by Gasteiger charge is -2.27. The van der Waals surface area contributed by atoms with Crippen LogP contribution in [0.2, 0.25) is 0 Å². The third kappa shape index (κ3) is 3.20. The van der Waals surface area contributed by atoms with Gasteiger partial charge in [-0.2, -0.15) is 5.10 Å². The molecule has 102 valence electrons. The number of aromatic nitrogens is 2. The molecule has 1 aromatic carbocycles. The van der Waals surface area contributed by atoms with E-state index in [1.54, 1.807) is 23.0 Å². The molecule has 3 nitrogen and oxygen atoms in total. The maximum absolute atomic E-state index is 13.3. The molecule has 0 saturated heterocycles. The van der Waals surface area contributed by atoms with Crippen molar-refractivity contribution in [2.75, 3.05) is 0 Å². The number of nitrogens with zero attached hydrogens (tertiary/aromatic N) is 2. The van der Waals surface area contributed by atoms with Gasteiger partial charge in [-0.25, -0.2) is 4.39 Å². The summed E-state index contributed by atoms with van der Waals surface area (Å²) in [5, 5.41) is 14.8. The van der Waals surface area contributed by atoms with Crippen LogP contribution in [0.5, 0.6) is 0 Å². The average Bonchev–Trinajstić information content (AvgIpc) is 2.82. The van der Waals surface area contributed by atoms with Gasteiger partial charge < -0.3 is 5.11 Å². The second-order valence-corrected chi connectivity index (χ2v) is 4.92. The summed E-state index contributed by atoms with van der Waals surface area (Å²) < 4.78 is 15.0. The maximum atomic E-state index is 13.3. The van der Waals surface area contributed by atoms with Gasteiger partial charge in [-0.05, 0) is 42.5 Å². The largest absolute Gasteiger partial charge is 0.385 e. The molecule has 0 fully saturated rings. The highest BCUT2D eigenvalue weighted by Gasteiger charge is 2.27. The van der Waals surface area contributed by atoms with E-state index in [-0.39, 0.29) is 5.82 Å². The van der Waals surface area contributed by atoms with Crippen LogP contribution in [0.4, 0.5) is 4.39 Å². The SMILES string of the molecule is CCC(O)(CCc1cnn(C)c1)c1cccc(F)c1. The van der Waals surface area contributed by atoms with Gasteiger partial charge in [0.25, 0.3) is 0 Å². The van der Waals surface area contributed by atoms with E-state index < -0.39 is 5.60 Å². The van der Waals surface area contributed by atoms with Crippen molar-refractivity contribution in [3.8, 4) is 0 Å². The van der Waals surface area contributed by atoms with Crippen molar-refractivity contribution in [1.29, 1.82) is 0 Å². The number of hydrogen-bond acceptors (Lipinski definition) is 2. The van der Waals surface area contributed by atoms with Crippen LogP contribution in [0.3, 0.4) is 0 Å². The smallest absolute Gasteiger partial charge is 0.123 e. The van der Waals surface area contributed by atoms with Crippen LogP contribution < -0.4 is 0 Å². The molecule has 4 heteroatoms. The number of aryl methyl sites for hydroxylation is 2. The minimum absolute atomic E-state index is 0.314. The van der Waals surface area contributed by atoms with Crippen molar-refractivity contribution < 1.29 is 9.50 Å². The number of halogens is 1. The standard InChI is InChI=1S/C15H19FN2O/c1-3-15(19,13-5-4-6-14(16)9-13)8-7-12-10-17-18(2)11-12/h4-6,9-11,19H,3,7-8H2,1-2H3. The highest BCUT2D eigenvalue weighted by Crippen LogP contribution is 2.30. The second-order valence-electron chi connectivity index (χ2n) is 4.92. The van der Waals surface area contributed by atoms with E-state index in [0.717, 1.165) is 5.56 Å². The fraction of sp³-hybridized carbons (Fsp3) is 0.400. The number of rotatable bonds is 5. The molecule has 1 atom stereocenters. The molecule has 0 spiro atoms. The average molecular weight is 262 g/mol. The molecule has 0 saturated carbocycles. The molecular formula is C15H19FN2O. The van der Waals surface area contributed by atoms with E-state index in [2.05, 4.69) is 5.10 Å². The first-order valence-electron chi connectivity index (χ1n) is 6.49. The van der Waals surface area contributed by atoms with Crippen LogP contribution in [0.1, 0.15) is 30.9 Å². The molecule has 2 rings (SSSR count). The van der Waals surface area contributed by atoms with Crippen molar-refractivity contribution >= 4 is 0 Å². The quantitative estimate of drug-likeness (QED) is 0.899. The minimum atomic E-state index is -0.988. The number of aliphatic hydroxyl groups is 1. The zero-order valence-corrected chi connectivity index (χ0v) is 11.3. The third-order valence-electron chi connectivity index (χ3n) is 3.53. The summed E-state index contributed by atoms with van der Waals surface area (Å²) in [5.74, 6) is -0.314. The Morgan fingerprint density at radius 1 is 1.42 bits per heavy atom. The van der Waals surface area contributed by atoms with Gasteiger partial charge in [-0.1, -0.05) is 19.1 Å². The van der Waals surface area contributed by atoms with Gasteiger partial charge in [0.1, 0.15) is 5.82 Å². The Balaban J connectivity index is 2.13. The van der Waals surface area contributed by atoms with Crippen LogP contribution in [0, 0.1) is 5.82 Å². The fourth-order valence-corrected chi connectivity index (χ4v) is 2.26. The van der Waals surface area contributed by atoms with Crippen LogP contribution in [-0.2, 0) is 19.1 Å². The van der Waals surface area contributed by atoms with Gasteiger partial charge >= 0.3 is 0 Å². The first-order valence-corrected chi connectivity index (χ1v) is 6.49. The van der Waals surface area contributed by atoms with Gasteiger partial charge in [-0.3, -0.25) is 4.68 Å². The van der Waals surface area contributed by atoms with E-state index in [9.17, 15) is 9.50 Å². The summed E-state index contributed by atoms with van der Waals surface area (Å²) in [6.07, 6.45) is 5.55. The third-order valence-corrected chi connectivity index (χ3v) is 3.53. The summed E-state index contributed by atoms with van der Waals surface area (Å²) in [4.78, 5) is 0. The summed E-state index contributed by atoms with van der Waals surface area (Å²) in [6, 6.07) is 6.21. The lowest BCUT2D eigenvalue weighted by atomic mass is 9.86. The van der Waals surface area contributed by atoms with Gasteiger partial charge in [-0.15, -0.1) is 0 Å². The maximum Gasteiger partial charge on any atom is 0.123 e. The molecule has 19 heavy (non-hydrogen) atoms. The summed E-state index contributed by atoms with van der Waals surface area (Å²) in [7, 11) is 1.86. The summed E-state index contributed by atoms with van der Waals surface area (Å²) in [6.45, 7) is 1.91. The normalized spacial score (nSPS) is 14.3. The lowest BCUT2D eigenvalue weighted by Crippen LogP contribution is -2.25. The van der Waals surface area contributed by atoms with Crippen LogP contribution in [-0.4, -0.2) is 14.9 Å². The number of hydrogen-bond donors (Lipinski definition) is 1. The fourth-order valence-electron chi connectivity index (χ4n) is 2.26. The Hall–Kier alpha value is -1.68. The van der Waals surface area contributed by atoms with Gasteiger partial charge in [0.15, 0.2) is 0 Å². The Morgan fingerprint density at radius 2 is 2.21 bits per heavy atom. The van der Waals surface area contributed by atoms with Gasteiger partial charge in [0.05, 0.1) is 11.8 Å². The van der Waals surface area contributed by atoms with E-state index >= 15 is 0 Å². The zero-order chi connectivity index (χ0) is 13.9. The molecule has 1 N–H and O–H groups in total. The van der Waals surface area contributed by atoms with Crippen molar-refractivity contribution in [1.82, 2.24) is 9.78 Å². The summed E-state index contributed by atoms with van der Waals surface area (Å²) >= 11 is 0. The monoisotopic (exact) mass is 262 g/mol. The highest BCUT2D eigenvalue weighted by atomic mass is 19.1. The van der Waals surface area contributed by atoms with Crippen molar-refractivity contribution in [3.63, 3.8) is 0 Å². The lowest BCUT2D eigenvalue weighted by molar-refractivity contribution is 0.0233. The molecule has 0 radical (unpaired) electrons. The molecule has 1 aromatic heterocycles. The highest BCUT2D eigenvalue weighted by molar-refractivity contribution is 5.23. The predicted octanol–water partition coefficient (Wildman–Crippen LogP) is 2.79. The molecule has 0 aliphatic rings. The molecule has 0 aliphatic carbocycles. The Kier molecular flexibility index (Phi) is 4.00. The van der Waals surface area contributed by atoms with Crippen molar-refractivity contribution in [3.05, 3.63) is 53.6 Å². The Morgan fingerprint density at radius 3 is 2.79 bits per heavy atom.